The lowest BCUT2D eigenvalue weighted by atomic mass is 10.1. The summed E-state index contributed by atoms with van der Waals surface area (Å²) < 4.78 is 11.4. The number of rotatable bonds is 6. The molecule has 1 fully saturated rings. The van der Waals surface area contributed by atoms with Crippen LogP contribution >= 0.6 is 15.9 Å². The standard InChI is InChI=1S/C13H18BrNO3/c1-17-12-5-9(10(14)6-13(12)18-2)11(7-16)15-8-3-4-8/h5-6,8,11,15-16H,3-4,7H2,1-2H3. The average molecular weight is 316 g/mol. The first-order valence-electron chi connectivity index (χ1n) is 5.98. The predicted molar refractivity (Wildman–Crippen MR) is 73.2 cm³/mol. The van der Waals surface area contributed by atoms with Gasteiger partial charge < -0.3 is 19.9 Å². The highest BCUT2D eigenvalue weighted by Gasteiger charge is 2.26. The summed E-state index contributed by atoms with van der Waals surface area (Å²) in [6.07, 6.45) is 2.36. The maximum atomic E-state index is 9.52. The molecule has 100 valence electrons. The molecule has 1 aromatic rings. The number of benzene rings is 1. The summed E-state index contributed by atoms with van der Waals surface area (Å²) in [5.41, 5.74) is 0.988. The Morgan fingerprint density at radius 2 is 1.94 bits per heavy atom. The Morgan fingerprint density at radius 3 is 2.44 bits per heavy atom. The number of methoxy groups -OCH3 is 2. The Kier molecular flexibility index (Phi) is 4.48. The smallest absolute Gasteiger partial charge is 0.161 e. The van der Waals surface area contributed by atoms with E-state index in [1.807, 2.05) is 12.1 Å². The van der Waals surface area contributed by atoms with Gasteiger partial charge in [-0.15, -0.1) is 0 Å². The van der Waals surface area contributed by atoms with Crippen LogP contribution in [0, 0.1) is 0 Å². The van der Waals surface area contributed by atoms with Crippen molar-refractivity contribution in [2.75, 3.05) is 20.8 Å². The van der Waals surface area contributed by atoms with Crippen LogP contribution < -0.4 is 14.8 Å². The summed E-state index contributed by atoms with van der Waals surface area (Å²) in [5.74, 6) is 1.35. The third-order valence-corrected chi connectivity index (χ3v) is 3.76. The van der Waals surface area contributed by atoms with E-state index in [2.05, 4.69) is 21.2 Å². The molecule has 0 radical (unpaired) electrons. The Labute approximate surface area is 115 Å². The first-order valence-corrected chi connectivity index (χ1v) is 6.77. The maximum Gasteiger partial charge on any atom is 0.161 e. The van der Waals surface area contributed by atoms with Gasteiger partial charge in [-0.05, 0) is 30.5 Å². The van der Waals surface area contributed by atoms with Crippen LogP contribution in [0.25, 0.3) is 0 Å². The number of hydrogen-bond acceptors (Lipinski definition) is 4. The van der Waals surface area contributed by atoms with Crippen LogP contribution in [0.3, 0.4) is 0 Å². The number of ether oxygens (including phenoxy) is 2. The molecule has 0 aliphatic heterocycles. The molecule has 1 aromatic carbocycles. The van der Waals surface area contributed by atoms with Gasteiger partial charge in [-0.2, -0.15) is 0 Å². The summed E-state index contributed by atoms with van der Waals surface area (Å²) >= 11 is 3.52. The molecule has 4 nitrogen and oxygen atoms in total. The second-order valence-electron chi connectivity index (χ2n) is 4.40. The van der Waals surface area contributed by atoms with E-state index in [-0.39, 0.29) is 12.6 Å². The van der Waals surface area contributed by atoms with E-state index in [1.54, 1.807) is 14.2 Å². The van der Waals surface area contributed by atoms with Crippen molar-refractivity contribution in [3.05, 3.63) is 22.2 Å². The van der Waals surface area contributed by atoms with E-state index in [4.69, 9.17) is 9.47 Å². The molecular formula is C13H18BrNO3. The van der Waals surface area contributed by atoms with Gasteiger partial charge in [-0.25, -0.2) is 0 Å². The van der Waals surface area contributed by atoms with Crippen molar-refractivity contribution < 1.29 is 14.6 Å². The van der Waals surface area contributed by atoms with E-state index in [0.717, 1.165) is 10.0 Å². The molecule has 1 aliphatic rings. The quantitative estimate of drug-likeness (QED) is 0.845. The van der Waals surface area contributed by atoms with E-state index in [0.29, 0.717) is 17.5 Å². The number of nitrogens with one attached hydrogen (secondary N) is 1. The highest BCUT2D eigenvalue weighted by molar-refractivity contribution is 9.10. The summed E-state index contributed by atoms with van der Waals surface area (Å²) in [4.78, 5) is 0. The van der Waals surface area contributed by atoms with E-state index in [1.165, 1.54) is 12.8 Å². The zero-order valence-corrected chi connectivity index (χ0v) is 12.2. The fraction of sp³-hybridized carbons (Fsp3) is 0.538. The van der Waals surface area contributed by atoms with Crippen molar-refractivity contribution in [3.8, 4) is 11.5 Å². The zero-order chi connectivity index (χ0) is 13.1. The second kappa shape index (κ2) is 5.91. The molecule has 0 bridgehead atoms. The van der Waals surface area contributed by atoms with Gasteiger partial charge in [0.2, 0.25) is 0 Å². The van der Waals surface area contributed by atoms with Gasteiger partial charge in [0.1, 0.15) is 0 Å². The topological polar surface area (TPSA) is 50.7 Å². The van der Waals surface area contributed by atoms with Crippen LogP contribution in [0.2, 0.25) is 0 Å². The second-order valence-corrected chi connectivity index (χ2v) is 5.26. The number of hydrogen-bond donors (Lipinski definition) is 2. The predicted octanol–water partition coefficient (Wildman–Crippen LogP) is 2.25. The Morgan fingerprint density at radius 1 is 1.33 bits per heavy atom. The third-order valence-electron chi connectivity index (χ3n) is 3.08. The van der Waals surface area contributed by atoms with Crippen LogP contribution in [0.4, 0.5) is 0 Å². The Hall–Kier alpha value is -0.780. The molecule has 2 N–H and O–H groups in total. The molecule has 18 heavy (non-hydrogen) atoms. The van der Waals surface area contributed by atoms with E-state index < -0.39 is 0 Å². The average Bonchev–Trinajstić information content (AvgIpc) is 3.19. The number of aliphatic hydroxyl groups excluding tert-OH is 1. The van der Waals surface area contributed by atoms with Gasteiger partial charge in [0.05, 0.1) is 26.9 Å². The van der Waals surface area contributed by atoms with Crippen LogP contribution in [-0.2, 0) is 0 Å². The fourth-order valence-electron chi connectivity index (χ4n) is 1.91. The van der Waals surface area contributed by atoms with Crippen LogP contribution in [0.1, 0.15) is 24.4 Å². The molecule has 1 unspecified atom stereocenters. The van der Waals surface area contributed by atoms with Crippen LogP contribution in [-0.4, -0.2) is 32.0 Å². The third kappa shape index (κ3) is 2.96. The van der Waals surface area contributed by atoms with Gasteiger partial charge >= 0.3 is 0 Å². The minimum atomic E-state index is -0.0771. The molecule has 5 heteroatoms. The van der Waals surface area contributed by atoms with Gasteiger partial charge in [-0.3, -0.25) is 0 Å². The van der Waals surface area contributed by atoms with E-state index in [9.17, 15) is 5.11 Å². The normalized spacial score (nSPS) is 16.4. The van der Waals surface area contributed by atoms with Gasteiger partial charge in [-0.1, -0.05) is 15.9 Å². The van der Waals surface area contributed by atoms with Gasteiger partial charge in [0.15, 0.2) is 11.5 Å². The first-order chi connectivity index (χ1) is 8.69. The molecule has 1 saturated carbocycles. The summed E-state index contributed by atoms with van der Waals surface area (Å²) in [6.45, 7) is 0.0601. The highest BCUT2D eigenvalue weighted by atomic mass is 79.9. The summed E-state index contributed by atoms with van der Waals surface area (Å²) in [6, 6.07) is 4.22. The lowest BCUT2D eigenvalue weighted by Crippen LogP contribution is -2.26. The molecule has 0 heterocycles. The van der Waals surface area contributed by atoms with Gasteiger partial charge in [0.25, 0.3) is 0 Å². The molecule has 0 saturated heterocycles. The van der Waals surface area contributed by atoms with Crippen molar-refractivity contribution in [1.29, 1.82) is 0 Å². The Balaban J connectivity index is 2.29. The zero-order valence-electron chi connectivity index (χ0n) is 10.6. The lowest BCUT2D eigenvalue weighted by Gasteiger charge is -2.20. The minimum Gasteiger partial charge on any atom is -0.493 e. The molecule has 1 aliphatic carbocycles. The lowest BCUT2D eigenvalue weighted by molar-refractivity contribution is 0.242. The molecule has 0 spiro atoms. The largest absolute Gasteiger partial charge is 0.493 e. The maximum absolute atomic E-state index is 9.52. The molecular weight excluding hydrogens is 298 g/mol. The van der Waals surface area contributed by atoms with Crippen molar-refractivity contribution in [2.24, 2.45) is 0 Å². The fourth-order valence-corrected chi connectivity index (χ4v) is 2.51. The monoisotopic (exact) mass is 315 g/mol. The highest BCUT2D eigenvalue weighted by Crippen LogP contribution is 2.37. The molecule has 0 amide bonds. The van der Waals surface area contributed by atoms with Crippen LogP contribution in [0.5, 0.6) is 11.5 Å². The van der Waals surface area contributed by atoms with Crippen molar-refractivity contribution in [3.63, 3.8) is 0 Å². The number of halogens is 1. The number of aliphatic hydroxyl groups is 1. The van der Waals surface area contributed by atoms with Gasteiger partial charge in [0, 0.05) is 10.5 Å². The Bertz CT molecular complexity index is 421. The minimum absolute atomic E-state index is 0.0601. The SMILES string of the molecule is COc1cc(Br)c(C(CO)NC2CC2)cc1OC. The summed E-state index contributed by atoms with van der Waals surface area (Å²) in [5, 5.41) is 12.9. The van der Waals surface area contributed by atoms with Crippen molar-refractivity contribution in [1.82, 2.24) is 5.32 Å². The van der Waals surface area contributed by atoms with Crippen molar-refractivity contribution in [2.45, 2.75) is 24.9 Å². The molecule has 2 rings (SSSR count). The molecule has 1 atom stereocenters. The van der Waals surface area contributed by atoms with Crippen molar-refractivity contribution >= 4 is 15.9 Å². The first kappa shape index (κ1) is 13.6. The molecule has 0 aromatic heterocycles. The van der Waals surface area contributed by atoms with E-state index >= 15 is 0 Å². The summed E-state index contributed by atoms with van der Waals surface area (Å²) in [7, 11) is 3.22. The van der Waals surface area contributed by atoms with Crippen LogP contribution in [0.15, 0.2) is 16.6 Å².